The van der Waals surface area contributed by atoms with Gasteiger partial charge < -0.3 is 0 Å². The van der Waals surface area contributed by atoms with Crippen LogP contribution in [0.3, 0.4) is 0 Å². The van der Waals surface area contributed by atoms with Crippen molar-refractivity contribution >= 4 is 5.91 Å². The van der Waals surface area contributed by atoms with Gasteiger partial charge in [-0.15, -0.1) is 5.10 Å². The van der Waals surface area contributed by atoms with Crippen LogP contribution in [0.25, 0.3) is 11.3 Å². The van der Waals surface area contributed by atoms with E-state index in [1.54, 1.807) is 12.4 Å². The molecule has 2 heterocycles. The normalized spacial score (nSPS) is 12.1. The van der Waals surface area contributed by atoms with Crippen LogP contribution in [0.2, 0.25) is 0 Å². The van der Waals surface area contributed by atoms with Crippen LogP contribution in [-0.2, 0) is 11.3 Å². The van der Waals surface area contributed by atoms with Crippen LogP contribution in [0.5, 0.6) is 0 Å². The topological polar surface area (TPSA) is 98.7 Å². The van der Waals surface area contributed by atoms with Crippen molar-refractivity contribution in [1.82, 2.24) is 25.4 Å². The van der Waals surface area contributed by atoms with E-state index in [0.29, 0.717) is 0 Å². The molecule has 0 radical (unpaired) electrons. The minimum Gasteiger partial charge on any atom is -0.294 e. The first kappa shape index (κ1) is 19.1. The zero-order valence-corrected chi connectivity index (χ0v) is 14.9. The van der Waals surface area contributed by atoms with Crippen LogP contribution in [-0.4, -0.2) is 25.9 Å². The Morgan fingerprint density at radius 3 is 2.84 bits per heavy atom. The lowest BCUT2D eigenvalue weighted by Crippen LogP contribution is -2.35. The Morgan fingerprint density at radius 1 is 1.28 bits per heavy atom. The zero-order chi connectivity index (χ0) is 17.9. The second kappa shape index (κ2) is 10.6. The molecule has 0 bridgehead atoms. The minimum absolute atomic E-state index is 0.0348. The van der Waals surface area contributed by atoms with Gasteiger partial charge in [0, 0.05) is 30.4 Å². The number of aromatic nitrogens is 4. The molecule has 1 amide bonds. The van der Waals surface area contributed by atoms with Gasteiger partial charge in [0.25, 0.3) is 0 Å². The summed E-state index contributed by atoms with van der Waals surface area (Å²) in [5.41, 5.74) is 4.11. The summed E-state index contributed by atoms with van der Waals surface area (Å²) in [5, 5.41) is 8.36. The van der Waals surface area contributed by atoms with E-state index in [1.807, 2.05) is 23.0 Å². The van der Waals surface area contributed by atoms with E-state index < -0.39 is 0 Å². The largest absolute Gasteiger partial charge is 0.294 e. The highest BCUT2D eigenvalue weighted by molar-refractivity contribution is 5.77. The number of rotatable bonds is 11. The van der Waals surface area contributed by atoms with Gasteiger partial charge in [-0.25, -0.2) is 5.84 Å². The lowest BCUT2D eigenvalue weighted by molar-refractivity contribution is -0.125. The van der Waals surface area contributed by atoms with E-state index in [1.165, 1.54) is 0 Å². The summed E-state index contributed by atoms with van der Waals surface area (Å²) in [5.74, 6) is 5.26. The molecule has 25 heavy (non-hydrogen) atoms. The molecule has 7 heteroatoms. The molecule has 0 aliphatic carbocycles. The maximum atomic E-state index is 11.7. The standard InChI is InChI=1S/C18H28N6O/c1-2-8-15(18(25)21-19)9-5-3-4-6-12-24-14-17(22-23-24)16-10-7-11-20-13-16/h7,10-11,13-15H,2-6,8-9,12,19H2,1H3,(H,21,25). The summed E-state index contributed by atoms with van der Waals surface area (Å²) in [6, 6.07) is 3.87. The molecule has 0 aliphatic heterocycles. The molecule has 1 atom stereocenters. The van der Waals surface area contributed by atoms with Crippen molar-refractivity contribution in [2.75, 3.05) is 0 Å². The van der Waals surface area contributed by atoms with Gasteiger partial charge in [-0.3, -0.25) is 19.9 Å². The van der Waals surface area contributed by atoms with Crippen LogP contribution < -0.4 is 11.3 Å². The lowest BCUT2D eigenvalue weighted by Gasteiger charge is -2.13. The number of pyridine rings is 1. The lowest BCUT2D eigenvalue weighted by atomic mass is 9.95. The van der Waals surface area contributed by atoms with E-state index in [-0.39, 0.29) is 11.8 Å². The third-order valence-electron chi connectivity index (χ3n) is 4.34. The third-order valence-corrected chi connectivity index (χ3v) is 4.34. The number of hydrogen-bond donors (Lipinski definition) is 2. The predicted molar refractivity (Wildman–Crippen MR) is 97.1 cm³/mol. The maximum Gasteiger partial charge on any atom is 0.236 e. The number of nitrogens with two attached hydrogens (primary N) is 1. The Balaban J connectivity index is 1.65. The van der Waals surface area contributed by atoms with E-state index in [4.69, 9.17) is 5.84 Å². The van der Waals surface area contributed by atoms with Gasteiger partial charge in [-0.05, 0) is 31.4 Å². The van der Waals surface area contributed by atoms with Crippen molar-refractivity contribution in [3.63, 3.8) is 0 Å². The highest BCUT2D eigenvalue weighted by atomic mass is 16.2. The van der Waals surface area contributed by atoms with Crippen molar-refractivity contribution < 1.29 is 4.79 Å². The molecule has 2 aromatic rings. The van der Waals surface area contributed by atoms with Crippen LogP contribution in [0, 0.1) is 5.92 Å². The summed E-state index contributed by atoms with van der Waals surface area (Å²) < 4.78 is 1.88. The van der Waals surface area contributed by atoms with Crippen LogP contribution in [0.1, 0.15) is 51.9 Å². The van der Waals surface area contributed by atoms with E-state index in [9.17, 15) is 4.79 Å². The van der Waals surface area contributed by atoms with Crippen molar-refractivity contribution in [1.29, 1.82) is 0 Å². The minimum atomic E-state index is -0.0348. The van der Waals surface area contributed by atoms with Crippen molar-refractivity contribution in [3.8, 4) is 11.3 Å². The van der Waals surface area contributed by atoms with Crippen LogP contribution in [0.15, 0.2) is 30.7 Å². The van der Waals surface area contributed by atoms with Gasteiger partial charge in [-0.2, -0.15) is 0 Å². The quantitative estimate of drug-likeness (QED) is 0.283. The van der Waals surface area contributed by atoms with Gasteiger partial charge in [0.1, 0.15) is 5.69 Å². The number of aryl methyl sites for hydroxylation is 1. The molecule has 0 aromatic carbocycles. The van der Waals surface area contributed by atoms with Crippen LogP contribution in [0.4, 0.5) is 0 Å². The Hall–Kier alpha value is -2.28. The number of nitrogens with zero attached hydrogens (tertiary/aromatic N) is 4. The summed E-state index contributed by atoms with van der Waals surface area (Å²) in [6.07, 6.45) is 12.6. The first-order valence-electron chi connectivity index (χ1n) is 9.05. The summed E-state index contributed by atoms with van der Waals surface area (Å²) in [6.45, 7) is 2.95. The first-order valence-corrected chi connectivity index (χ1v) is 9.05. The second-order valence-electron chi connectivity index (χ2n) is 6.31. The number of amides is 1. The fraction of sp³-hybridized carbons (Fsp3) is 0.556. The number of carbonyl (C=O) groups is 1. The molecule has 1 unspecified atom stereocenters. The molecule has 0 spiro atoms. The first-order chi connectivity index (χ1) is 12.2. The van der Waals surface area contributed by atoms with Crippen molar-refractivity contribution in [2.45, 2.75) is 58.4 Å². The Bertz CT molecular complexity index is 628. The molecule has 136 valence electrons. The Kier molecular flexibility index (Phi) is 8.04. The molecule has 0 saturated carbocycles. The van der Waals surface area contributed by atoms with Gasteiger partial charge in [0.05, 0.1) is 6.20 Å². The highest BCUT2D eigenvalue weighted by Gasteiger charge is 2.15. The molecule has 0 fully saturated rings. The molecule has 2 aromatic heterocycles. The number of unbranched alkanes of at least 4 members (excludes halogenated alkanes) is 3. The number of hydrogen-bond acceptors (Lipinski definition) is 5. The number of hydrazine groups is 1. The van der Waals surface area contributed by atoms with Gasteiger partial charge in [0.15, 0.2) is 0 Å². The fourth-order valence-electron chi connectivity index (χ4n) is 2.95. The smallest absolute Gasteiger partial charge is 0.236 e. The number of carbonyl (C=O) groups excluding carboxylic acids is 1. The second-order valence-corrected chi connectivity index (χ2v) is 6.31. The van der Waals surface area contributed by atoms with E-state index >= 15 is 0 Å². The molecule has 2 rings (SSSR count). The monoisotopic (exact) mass is 344 g/mol. The van der Waals surface area contributed by atoms with E-state index in [2.05, 4.69) is 27.6 Å². The number of nitrogens with one attached hydrogen (secondary N) is 1. The zero-order valence-electron chi connectivity index (χ0n) is 14.9. The molecule has 0 saturated heterocycles. The highest BCUT2D eigenvalue weighted by Crippen LogP contribution is 2.17. The molecule has 0 aliphatic rings. The Morgan fingerprint density at radius 2 is 2.12 bits per heavy atom. The summed E-state index contributed by atoms with van der Waals surface area (Å²) in [4.78, 5) is 15.8. The van der Waals surface area contributed by atoms with Gasteiger partial charge >= 0.3 is 0 Å². The molecular weight excluding hydrogens is 316 g/mol. The fourth-order valence-corrected chi connectivity index (χ4v) is 2.95. The Labute approximate surface area is 149 Å². The maximum absolute atomic E-state index is 11.7. The summed E-state index contributed by atoms with van der Waals surface area (Å²) in [7, 11) is 0. The molecule has 7 nitrogen and oxygen atoms in total. The third kappa shape index (κ3) is 6.26. The molecular formula is C18H28N6O. The van der Waals surface area contributed by atoms with E-state index in [0.717, 1.165) is 62.7 Å². The summed E-state index contributed by atoms with van der Waals surface area (Å²) >= 11 is 0. The molecule has 3 N–H and O–H groups in total. The van der Waals surface area contributed by atoms with Gasteiger partial charge in [0.2, 0.25) is 5.91 Å². The average molecular weight is 344 g/mol. The predicted octanol–water partition coefficient (Wildman–Crippen LogP) is 2.70. The van der Waals surface area contributed by atoms with Crippen molar-refractivity contribution in [3.05, 3.63) is 30.7 Å². The van der Waals surface area contributed by atoms with Gasteiger partial charge in [-0.1, -0.05) is 37.8 Å². The SMILES string of the molecule is CCCC(CCCCCCn1cc(-c2cccnc2)nn1)C(=O)NN. The van der Waals surface area contributed by atoms with Crippen LogP contribution >= 0.6 is 0 Å². The van der Waals surface area contributed by atoms with Crippen molar-refractivity contribution in [2.24, 2.45) is 11.8 Å². The average Bonchev–Trinajstić information content (AvgIpc) is 3.12.